The summed E-state index contributed by atoms with van der Waals surface area (Å²) >= 11 is 0. The maximum absolute atomic E-state index is 12.7. The smallest absolute Gasteiger partial charge is 0.280 e. The van der Waals surface area contributed by atoms with Crippen LogP contribution in [0, 0.1) is 0 Å². The quantitative estimate of drug-likeness (QED) is 0.835. The van der Waals surface area contributed by atoms with Gasteiger partial charge in [0.25, 0.3) is 11.8 Å². The lowest BCUT2D eigenvalue weighted by Gasteiger charge is -2.32. The van der Waals surface area contributed by atoms with E-state index in [1.807, 2.05) is 12.1 Å². The van der Waals surface area contributed by atoms with E-state index in [4.69, 9.17) is 4.74 Å². The van der Waals surface area contributed by atoms with Gasteiger partial charge in [0.15, 0.2) is 0 Å². The zero-order chi connectivity index (χ0) is 17.6. The normalized spacial score (nSPS) is 17.2. The van der Waals surface area contributed by atoms with Crippen molar-refractivity contribution in [1.29, 1.82) is 0 Å². The van der Waals surface area contributed by atoms with Crippen molar-refractivity contribution < 1.29 is 19.1 Å². The zero-order valence-corrected chi connectivity index (χ0v) is 13.7. The Morgan fingerprint density at radius 2 is 1.72 bits per heavy atom. The highest BCUT2D eigenvalue weighted by Crippen LogP contribution is 2.35. The van der Waals surface area contributed by atoms with Gasteiger partial charge in [0.05, 0.1) is 24.3 Å². The monoisotopic (exact) mass is 339 g/mol. The molecule has 4 rings (SSSR count). The molecule has 0 saturated carbocycles. The summed E-state index contributed by atoms with van der Waals surface area (Å²) in [6, 6.07) is 9.01. The van der Waals surface area contributed by atoms with Crippen LogP contribution in [0.5, 0.6) is 0 Å². The van der Waals surface area contributed by atoms with Crippen molar-refractivity contribution in [2.75, 3.05) is 31.2 Å². The van der Waals surface area contributed by atoms with Gasteiger partial charge in [-0.15, -0.1) is 0 Å². The fraction of sp³-hybridized carbons (Fsp3) is 0.278. The topological polar surface area (TPSA) is 79.0 Å². The number of nitrogens with zero attached hydrogens (tertiary/aromatic N) is 2. The van der Waals surface area contributed by atoms with E-state index in [1.54, 1.807) is 18.2 Å². The number of rotatable bonds is 2. The number of hydrogen-bond donors (Lipinski definition) is 1. The Bertz CT molecular complexity index is 880. The molecule has 0 radical (unpaired) electrons. The van der Waals surface area contributed by atoms with Crippen molar-refractivity contribution in [1.82, 2.24) is 10.4 Å². The summed E-state index contributed by atoms with van der Waals surface area (Å²) in [5.74, 6) is -1.50. The molecule has 7 nitrogen and oxygen atoms in total. The second-order valence-electron chi connectivity index (χ2n) is 6.07. The average molecular weight is 339 g/mol. The van der Waals surface area contributed by atoms with Gasteiger partial charge in [-0.25, -0.2) is 0 Å². The van der Waals surface area contributed by atoms with Gasteiger partial charge in [0, 0.05) is 36.5 Å². The van der Waals surface area contributed by atoms with Crippen molar-refractivity contribution in [3.05, 3.63) is 41.5 Å². The number of carbonyl (C=O) groups excluding carboxylic acids is 3. The summed E-state index contributed by atoms with van der Waals surface area (Å²) in [4.78, 5) is 38.9. The van der Waals surface area contributed by atoms with Crippen LogP contribution in [0.15, 0.2) is 30.3 Å². The Kier molecular flexibility index (Phi) is 3.65. The Morgan fingerprint density at radius 1 is 1.04 bits per heavy atom. The lowest BCUT2D eigenvalue weighted by Crippen LogP contribution is -2.51. The van der Waals surface area contributed by atoms with E-state index in [0.29, 0.717) is 29.7 Å². The molecule has 2 aliphatic rings. The zero-order valence-electron chi connectivity index (χ0n) is 13.7. The van der Waals surface area contributed by atoms with E-state index in [0.717, 1.165) is 29.2 Å². The third-order valence-electron chi connectivity index (χ3n) is 4.51. The van der Waals surface area contributed by atoms with E-state index < -0.39 is 17.7 Å². The molecule has 2 aromatic carbocycles. The Balaban J connectivity index is 1.89. The van der Waals surface area contributed by atoms with Crippen LogP contribution in [0.3, 0.4) is 0 Å². The van der Waals surface area contributed by atoms with Crippen LogP contribution in [0.1, 0.15) is 27.6 Å². The van der Waals surface area contributed by atoms with E-state index in [2.05, 4.69) is 10.3 Å². The molecule has 0 aliphatic carbocycles. The maximum Gasteiger partial charge on any atom is 0.280 e. The highest BCUT2D eigenvalue weighted by molar-refractivity contribution is 6.27. The molecule has 2 aliphatic heterocycles. The van der Waals surface area contributed by atoms with Crippen LogP contribution in [0.4, 0.5) is 5.69 Å². The first kappa shape index (κ1) is 15.6. The second-order valence-corrected chi connectivity index (χ2v) is 6.07. The molecule has 0 unspecified atom stereocenters. The van der Waals surface area contributed by atoms with E-state index in [9.17, 15) is 14.4 Å². The molecule has 2 heterocycles. The number of hydrogen-bond acceptors (Lipinski definition) is 5. The molecule has 7 heteroatoms. The fourth-order valence-corrected chi connectivity index (χ4v) is 3.42. The lowest BCUT2D eigenvalue weighted by atomic mass is 9.93. The van der Waals surface area contributed by atoms with E-state index >= 15 is 0 Å². The van der Waals surface area contributed by atoms with Gasteiger partial charge >= 0.3 is 0 Å². The maximum atomic E-state index is 12.7. The Labute approximate surface area is 144 Å². The molecule has 0 aromatic heterocycles. The third kappa shape index (κ3) is 2.44. The molecule has 2 aromatic rings. The van der Waals surface area contributed by atoms with Crippen molar-refractivity contribution in [3.63, 3.8) is 0 Å². The number of morpholine rings is 1. The first-order valence-electron chi connectivity index (χ1n) is 8.12. The number of hydrazine groups is 1. The molecule has 25 heavy (non-hydrogen) atoms. The molecule has 3 amide bonds. The van der Waals surface area contributed by atoms with Gasteiger partial charge in [-0.05, 0) is 18.2 Å². The van der Waals surface area contributed by atoms with Gasteiger partial charge in [-0.3, -0.25) is 19.8 Å². The lowest BCUT2D eigenvalue weighted by molar-refractivity contribution is -0.122. The molecule has 1 fully saturated rings. The highest BCUT2D eigenvalue weighted by Gasteiger charge is 2.34. The number of anilines is 1. The number of amides is 3. The highest BCUT2D eigenvalue weighted by atomic mass is 16.5. The van der Waals surface area contributed by atoms with Crippen molar-refractivity contribution in [2.45, 2.75) is 6.92 Å². The molecule has 128 valence electrons. The van der Waals surface area contributed by atoms with Crippen LogP contribution < -0.4 is 10.3 Å². The van der Waals surface area contributed by atoms with E-state index in [1.165, 1.54) is 6.92 Å². The van der Waals surface area contributed by atoms with Crippen LogP contribution in [-0.2, 0) is 9.53 Å². The van der Waals surface area contributed by atoms with Crippen LogP contribution >= 0.6 is 0 Å². The minimum absolute atomic E-state index is 0.413. The molecule has 0 bridgehead atoms. The Hall–Kier alpha value is -2.93. The average Bonchev–Trinajstić information content (AvgIpc) is 2.63. The van der Waals surface area contributed by atoms with Gasteiger partial charge in [-0.2, -0.15) is 5.01 Å². The Morgan fingerprint density at radius 3 is 2.40 bits per heavy atom. The number of nitrogens with one attached hydrogen (secondary N) is 1. The largest absolute Gasteiger partial charge is 0.378 e. The van der Waals surface area contributed by atoms with Gasteiger partial charge in [0.1, 0.15) is 0 Å². The summed E-state index contributed by atoms with van der Waals surface area (Å²) in [6.07, 6.45) is 0. The summed E-state index contributed by atoms with van der Waals surface area (Å²) in [5, 5.41) is 2.29. The van der Waals surface area contributed by atoms with Crippen LogP contribution in [-0.4, -0.2) is 49.0 Å². The van der Waals surface area contributed by atoms with Crippen molar-refractivity contribution >= 4 is 34.2 Å². The van der Waals surface area contributed by atoms with Gasteiger partial charge < -0.3 is 9.64 Å². The molecule has 1 N–H and O–H groups in total. The first-order chi connectivity index (χ1) is 12.1. The predicted octanol–water partition coefficient (Wildman–Crippen LogP) is 1.32. The number of carbonyl (C=O) groups is 3. The summed E-state index contributed by atoms with van der Waals surface area (Å²) < 4.78 is 5.40. The van der Waals surface area contributed by atoms with Gasteiger partial charge in [0.2, 0.25) is 5.91 Å². The van der Waals surface area contributed by atoms with E-state index in [-0.39, 0.29) is 0 Å². The number of imide groups is 1. The first-order valence-corrected chi connectivity index (χ1v) is 8.12. The number of benzene rings is 2. The molecular formula is C18H17N3O4. The minimum atomic E-state index is -0.516. The predicted molar refractivity (Wildman–Crippen MR) is 91.3 cm³/mol. The second kappa shape index (κ2) is 5.86. The van der Waals surface area contributed by atoms with Crippen molar-refractivity contribution in [3.8, 4) is 0 Å². The number of ether oxygens (including phenoxy) is 1. The molecule has 0 spiro atoms. The molecule has 0 atom stereocenters. The summed E-state index contributed by atoms with van der Waals surface area (Å²) in [6.45, 7) is 4.09. The summed E-state index contributed by atoms with van der Waals surface area (Å²) in [7, 11) is 0. The molecule has 1 saturated heterocycles. The standard InChI is InChI=1S/C18H17N3O4/c1-11(22)19-21-17(23)13-4-2-3-12-15(20-7-9-25-10-8-20)6-5-14(16(12)13)18(21)24/h2-6H,7-10H2,1H3,(H,19,22). The van der Waals surface area contributed by atoms with Gasteiger partial charge in [-0.1, -0.05) is 12.1 Å². The third-order valence-corrected chi connectivity index (χ3v) is 4.51. The summed E-state index contributed by atoms with van der Waals surface area (Å²) in [5.41, 5.74) is 4.12. The van der Waals surface area contributed by atoms with Crippen molar-refractivity contribution in [2.24, 2.45) is 0 Å². The SMILES string of the molecule is CC(=O)NN1C(=O)c2cccc3c(N4CCOCC4)ccc(c23)C1=O. The minimum Gasteiger partial charge on any atom is -0.378 e. The van der Waals surface area contributed by atoms with Crippen LogP contribution in [0.2, 0.25) is 0 Å². The molecular weight excluding hydrogens is 322 g/mol. The fourth-order valence-electron chi connectivity index (χ4n) is 3.42. The van der Waals surface area contributed by atoms with Crippen LogP contribution in [0.25, 0.3) is 10.8 Å².